The molecule has 1 N–H and O–H groups in total. The number of ether oxygens (including phenoxy) is 1. The zero-order chi connectivity index (χ0) is 33.1. The summed E-state index contributed by atoms with van der Waals surface area (Å²) in [7, 11) is 0. The average Bonchev–Trinajstić information content (AvgIpc) is 3.48. The number of nitrogens with one attached hydrogen (secondary N) is 1. The molecule has 0 aromatic heterocycles. The minimum absolute atomic E-state index is 0.372. The Morgan fingerprint density at radius 1 is 0.420 bits per heavy atom. The summed E-state index contributed by atoms with van der Waals surface area (Å²) in [4.78, 5) is 10.2. The molecule has 1 spiro atoms. The standard InChI is InChI=1S/C46H31N3O/c1-3-13-31(14-4-1)43-47-44(32-15-5-2-6-16-32)49-45(48-43)33-25-23-30(24-26-33)34-27-28-36-35-17-7-8-18-37(35)46(40(36)29-34)38-19-9-11-21-41(38)50-42-22-12-10-20-39(42)46/h1-29,45H,(H,47,48,49). The van der Waals surface area contributed by atoms with Crippen molar-refractivity contribution in [2.45, 2.75) is 11.6 Å². The molecular formula is C46H31N3O. The monoisotopic (exact) mass is 641 g/mol. The molecule has 0 fully saturated rings. The van der Waals surface area contributed by atoms with Crippen LogP contribution in [0.2, 0.25) is 0 Å². The fraction of sp³-hybridized carbons (Fsp3) is 0.0435. The van der Waals surface area contributed by atoms with Crippen LogP contribution in [0.25, 0.3) is 22.3 Å². The van der Waals surface area contributed by atoms with Crippen molar-refractivity contribution in [1.82, 2.24) is 5.32 Å². The summed E-state index contributed by atoms with van der Waals surface area (Å²) in [5.74, 6) is 3.43. The first-order valence-corrected chi connectivity index (χ1v) is 17.0. The Hall–Kier alpha value is -6.52. The molecule has 0 saturated heterocycles. The summed E-state index contributed by atoms with van der Waals surface area (Å²) in [6, 6.07) is 62.0. The average molecular weight is 642 g/mol. The Morgan fingerprint density at radius 3 is 1.54 bits per heavy atom. The van der Waals surface area contributed by atoms with Gasteiger partial charge in [0, 0.05) is 22.3 Å². The van der Waals surface area contributed by atoms with Crippen LogP contribution in [-0.4, -0.2) is 11.7 Å². The van der Waals surface area contributed by atoms with Crippen molar-refractivity contribution in [1.29, 1.82) is 0 Å². The largest absolute Gasteiger partial charge is 0.457 e. The van der Waals surface area contributed by atoms with Crippen molar-refractivity contribution in [2.75, 3.05) is 0 Å². The fourth-order valence-electron chi connectivity index (χ4n) is 7.97. The van der Waals surface area contributed by atoms with Crippen LogP contribution in [0.15, 0.2) is 186 Å². The molecule has 7 aromatic carbocycles. The Labute approximate surface area is 291 Å². The smallest absolute Gasteiger partial charge is 0.169 e. The molecule has 0 unspecified atom stereocenters. The molecule has 1 aliphatic carbocycles. The SMILES string of the molecule is c1ccc(C2=NC(c3ccc(-c4ccc5c(c4)C4(c6ccccc6Oc6ccccc64)c4ccccc4-5)cc3)N=C(c3ccccc3)N2)cc1. The molecule has 0 amide bonds. The third kappa shape index (κ3) is 4.32. The minimum atomic E-state index is -0.493. The van der Waals surface area contributed by atoms with Crippen LogP contribution in [0, 0.1) is 0 Å². The first-order valence-electron chi connectivity index (χ1n) is 17.0. The Bertz CT molecular complexity index is 2380. The first-order chi connectivity index (χ1) is 24.8. The summed E-state index contributed by atoms with van der Waals surface area (Å²) < 4.78 is 6.53. The normalized spacial score (nSPS) is 15.0. The van der Waals surface area contributed by atoms with Crippen molar-refractivity contribution in [2.24, 2.45) is 9.98 Å². The van der Waals surface area contributed by atoms with Crippen LogP contribution in [0.4, 0.5) is 0 Å². The van der Waals surface area contributed by atoms with E-state index >= 15 is 0 Å². The van der Waals surface area contributed by atoms with Crippen molar-refractivity contribution in [3.8, 4) is 33.8 Å². The van der Waals surface area contributed by atoms with Gasteiger partial charge in [0.1, 0.15) is 23.2 Å². The molecule has 10 rings (SSSR count). The van der Waals surface area contributed by atoms with E-state index in [1.165, 1.54) is 33.4 Å². The number of fused-ring (bicyclic) bond motifs is 9. The third-order valence-corrected chi connectivity index (χ3v) is 10.2. The number of hydrogen-bond acceptors (Lipinski definition) is 4. The van der Waals surface area contributed by atoms with E-state index in [-0.39, 0.29) is 6.17 Å². The van der Waals surface area contributed by atoms with E-state index in [4.69, 9.17) is 14.7 Å². The van der Waals surface area contributed by atoms with E-state index in [1.54, 1.807) is 0 Å². The molecule has 50 heavy (non-hydrogen) atoms. The molecule has 2 heterocycles. The lowest BCUT2D eigenvalue weighted by molar-refractivity contribution is 0.436. The molecule has 3 aliphatic rings. The van der Waals surface area contributed by atoms with Crippen molar-refractivity contribution in [3.05, 3.63) is 215 Å². The number of benzene rings is 7. The zero-order valence-electron chi connectivity index (χ0n) is 27.1. The molecule has 2 aliphatic heterocycles. The molecule has 0 bridgehead atoms. The second kappa shape index (κ2) is 11.3. The maximum Gasteiger partial charge on any atom is 0.169 e. The topological polar surface area (TPSA) is 46.0 Å². The van der Waals surface area contributed by atoms with Crippen LogP contribution in [0.1, 0.15) is 45.1 Å². The fourth-order valence-corrected chi connectivity index (χ4v) is 7.97. The second-order valence-corrected chi connectivity index (χ2v) is 13.0. The lowest BCUT2D eigenvalue weighted by Gasteiger charge is -2.39. The quantitative estimate of drug-likeness (QED) is 0.208. The van der Waals surface area contributed by atoms with Gasteiger partial charge in [-0.2, -0.15) is 0 Å². The highest BCUT2D eigenvalue weighted by atomic mass is 16.5. The number of aliphatic imine (C=N–C) groups is 2. The van der Waals surface area contributed by atoms with E-state index in [9.17, 15) is 0 Å². The molecule has 0 atom stereocenters. The van der Waals surface area contributed by atoms with Gasteiger partial charge in [-0.25, -0.2) is 9.98 Å². The maximum absolute atomic E-state index is 6.53. The van der Waals surface area contributed by atoms with E-state index in [1.807, 2.05) is 36.4 Å². The Balaban J connectivity index is 1.09. The number of hydrogen-bond donors (Lipinski definition) is 1. The van der Waals surface area contributed by atoms with Gasteiger partial charge >= 0.3 is 0 Å². The number of para-hydroxylation sites is 2. The summed E-state index contributed by atoms with van der Waals surface area (Å²) in [5.41, 5.74) is 12.3. The molecule has 0 radical (unpaired) electrons. The van der Waals surface area contributed by atoms with Crippen molar-refractivity contribution >= 4 is 11.7 Å². The number of amidine groups is 2. The van der Waals surface area contributed by atoms with Gasteiger partial charge in [-0.15, -0.1) is 0 Å². The van der Waals surface area contributed by atoms with Gasteiger partial charge in [0.25, 0.3) is 0 Å². The molecule has 7 aromatic rings. The summed E-state index contributed by atoms with van der Waals surface area (Å²) in [5, 5.41) is 3.49. The predicted octanol–water partition coefficient (Wildman–Crippen LogP) is 10.3. The van der Waals surface area contributed by atoms with Gasteiger partial charge in [0.15, 0.2) is 6.17 Å². The van der Waals surface area contributed by atoms with Crippen LogP contribution < -0.4 is 10.1 Å². The van der Waals surface area contributed by atoms with Crippen LogP contribution in [0.3, 0.4) is 0 Å². The van der Waals surface area contributed by atoms with Gasteiger partial charge < -0.3 is 10.1 Å². The highest BCUT2D eigenvalue weighted by Crippen LogP contribution is 2.62. The summed E-state index contributed by atoms with van der Waals surface area (Å²) in [6.07, 6.45) is -0.372. The maximum atomic E-state index is 6.53. The number of rotatable bonds is 4. The molecule has 4 nitrogen and oxygen atoms in total. The summed E-state index contributed by atoms with van der Waals surface area (Å²) >= 11 is 0. The van der Waals surface area contributed by atoms with Crippen LogP contribution in [0.5, 0.6) is 11.5 Å². The Kier molecular flexibility index (Phi) is 6.43. The lowest BCUT2D eigenvalue weighted by atomic mass is 9.66. The summed E-state index contributed by atoms with van der Waals surface area (Å²) in [6.45, 7) is 0. The third-order valence-electron chi connectivity index (χ3n) is 10.2. The van der Waals surface area contributed by atoms with Crippen molar-refractivity contribution < 1.29 is 4.74 Å². The minimum Gasteiger partial charge on any atom is -0.457 e. The Morgan fingerprint density at radius 2 is 0.920 bits per heavy atom. The van der Waals surface area contributed by atoms with Crippen molar-refractivity contribution in [3.63, 3.8) is 0 Å². The van der Waals surface area contributed by atoms with E-state index in [0.29, 0.717) is 0 Å². The number of nitrogens with zero attached hydrogens (tertiary/aromatic N) is 2. The van der Waals surface area contributed by atoms with Gasteiger partial charge in [-0.05, 0) is 57.1 Å². The predicted molar refractivity (Wildman–Crippen MR) is 201 cm³/mol. The van der Waals surface area contributed by atoms with E-state index < -0.39 is 5.41 Å². The second-order valence-electron chi connectivity index (χ2n) is 13.0. The van der Waals surface area contributed by atoms with Crippen LogP contribution >= 0.6 is 0 Å². The van der Waals surface area contributed by atoms with Gasteiger partial charge in [-0.1, -0.05) is 158 Å². The van der Waals surface area contributed by atoms with E-state index in [2.05, 4.69) is 145 Å². The highest BCUT2D eigenvalue weighted by Gasteiger charge is 2.51. The van der Waals surface area contributed by atoms with Gasteiger partial charge in [0.2, 0.25) is 0 Å². The first kappa shape index (κ1) is 28.5. The highest BCUT2D eigenvalue weighted by molar-refractivity contribution is 6.15. The van der Waals surface area contributed by atoms with Gasteiger partial charge in [0.05, 0.1) is 5.41 Å². The molecule has 236 valence electrons. The zero-order valence-corrected chi connectivity index (χ0v) is 27.1. The lowest BCUT2D eigenvalue weighted by Crippen LogP contribution is -2.35. The van der Waals surface area contributed by atoms with Crippen LogP contribution in [-0.2, 0) is 5.41 Å². The molecule has 4 heteroatoms. The molecule has 0 saturated carbocycles. The van der Waals surface area contributed by atoms with Gasteiger partial charge in [-0.3, -0.25) is 0 Å². The molecular weight excluding hydrogens is 611 g/mol. The van der Waals surface area contributed by atoms with E-state index in [0.717, 1.165) is 51.0 Å².